The van der Waals surface area contributed by atoms with Crippen LogP contribution < -0.4 is 0 Å². The number of ether oxygens (including phenoxy) is 1. The van der Waals surface area contributed by atoms with E-state index in [9.17, 15) is 9.59 Å². The summed E-state index contributed by atoms with van der Waals surface area (Å²) >= 11 is 0. The summed E-state index contributed by atoms with van der Waals surface area (Å²) in [5.41, 5.74) is 0.966. The van der Waals surface area contributed by atoms with Gasteiger partial charge in [-0.25, -0.2) is 9.59 Å². The molecule has 5 nitrogen and oxygen atoms in total. The van der Waals surface area contributed by atoms with E-state index < -0.39 is 6.09 Å². The fourth-order valence-electron chi connectivity index (χ4n) is 2.07. The van der Waals surface area contributed by atoms with E-state index in [1.807, 2.05) is 13.8 Å². The van der Waals surface area contributed by atoms with Gasteiger partial charge < -0.3 is 14.7 Å². The number of amides is 1. The minimum Gasteiger partial charge on any atom is -0.465 e. The van der Waals surface area contributed by atoms with Crippen LogP contribution >= 0.6 is 0 Å². The van der Waals surface area contributed by atoms with Gasteiger partial charge in [-0.15, -0.1) is 0 Å². The Kier molecular flexibility index (Phi) is 4.54. The van der Waals surface area contributed by atoms with Crippen molar-refractivity contribution < 1.29 is 19.4 Å². The highest BCUT2D eigenvalue weighted by molar-refractivity contribution is 5.83. The van der Waals surface area contributed by atoms with Crippen molar-refractivity contribution in [2.45, 2.75) is 33.2 Å². The predicted molar refractivity (Wildman–Crippen MR) is 62.7 cm³/mol. The molecule has 1 saturated heterocycles. The van der Waals surface area contributed by atoms with Gasteiger partial charge in [0.15, 0.2) is 0 Å². The minimum atomic E-state index is -0.903. The van der Waals surface area contributed by atoms with Crippen LogP contribution in [0.25, 0.3) is 0 Å². The van der Waals surface area contributed by atoms with Crippen LogP contribution in [0.3, 0.4) is 0 Å². The van der Waals surface area contributed by atoms with Crippen LogP contribution in [0, 0.1) is 5.92 Å². The lowest BCUT2D eigenvalue weighted by atomic mass is 9.87. The molecule has 0 aliphatic carbocycles. The normalized spacial score (nSPS) is 27.0. The summed E-state index contributed by atoms with van der Waals surface area (Å²) in [6.45, 7) is 6.34. The molecule has 0 aromatic rings. The van der Waals surface area contributed by atoms with Crippen LogP contribution in [0.2, 0.25) is 0 Å². The van der Waals surface area contributed by atoms with Crippen molar-refractivity contribution >= 4 is 12.1 Å². The summed E-state index contributed by atoms with van der Waals surface area (Å²) in [5, 5.41) is 8.99. The van der Waals surface area contributed by atoms with E-state index >= 15 is 0 Å². The molecule has 5 heteroatoms. The van der Waals surface area contributed by atoms with Crippen LogP contribution in [0.5, 0.6) is 0 Å². The molecule has 0 saturated carbocycles. The van der Waals surface area contributed by atoms with Crippen LogP contribution in [0.15, 0.2) is 11.6 Å². The van der Waals surface area contributed by atoms with Gasteiger partial charge in [0.05, 0.1) is 6.61 Å². The molecule has 96 valence electrons. The lowest BCUT2D eigenvalue weighted by molar-refractivity contribution is -0.137. The van der Waals surface area contributed by atoms with Crippen molar-refractivity contribution in [2.75, 3.05) is 13.2 Å². The van der Waals surface area contributed by atoms with E-state index in [1.54, 1.807) is 6.92 Å². The first kappa shape index (κ1) is 13.5. The van der Waals surface area contributed by atoms with Crippen molar-refractivity contribution in [3.63, 3.8) is 0 Å². The molecule has 0 radical (unpaired) electrons. The second kappa shape index (κ2) is 5.70. The molecule has 1 heterocycles. The summed E-state index contributed by atoms with van der Waals surface area (Å²) in [6.07, 6.45) is 1.19. The fourth-order valence-corrected chi connectivity index (χ4v) is 2.07. The molecule has 0 spiro atoms. The number of piperidine rings is 1. The molecule has 0 aromatic heterocycles. The van der Waals surface area contributed by atoms with Crippen LogP contribution in [0.1, 0.15) is 27.2 Å². The number of likely N-dealkylation sites (tertiary alicyclic amines) is 1. The number of carbonyl (C=O) groups excluding carboxylic acids is 1. The molecule has 1 rings (SSSR count). The summed E-state index contributed by atoms with van der Waals surface area (Å²) < 4.78 is 4.86. The predicted octanol–water partition coefficient (Wildman–Crippen LogP) is 1.88. The van der Waals surface area contributed by atoms with Gasteiger partial charge in [0.1, 0.15) is 0 Å². The van der Waals surface area contributed by atoms with Gasteiger partial charge in [0.2, 0.25) is 0 Å². The molecule has 0 bridgehead atoms. The Labute approximate surface area is 101 Å². The quantitative estimate of drug-likeness (QED) is 0.592. The van der Waals surface area contributed by atoms with E-state index in [2.05, 4.69) is 0 Å². The Balaban J connectivity index is 2.74. The number of hydrogen-bond donors (Lipinski definition) is 1. The third-order valence-corrected chi connectivity index (χ3v) is 3.28. The van der Waals surface area contributed by atoms with E-state index in [0.29, 0.717) is 19.6 Å². The second-order valence-corrected chi connectivity index (χ2v) is 4.23. The molecular weight excluding hydrogens is 222 g/mol. The summed E-state index contributed by atoms with van der Waals surface area (Å²) in [4.78, 5) is 23.7. The Morgan fingerprint density at radius 1 is 1.53 bits per heavy atom. The average Bonchev–Trinajstić information content (AvgIpc) is 2.25. The van der Waals surface area contributed by atoms with Gasteiger partial charge in [-0.3, -0.25) is 0 Å². The zero-order valence-corrected chi connectivity index (χ0v) is 10.5. The van der Waals surface area contributed by atoms with Crippen molar-refractivity contribution in [3.8, 4) is 0 Å². The largest absolute Gasteiger partial charge is 0.465 e. The zero-order valence-electron chi connectivity index (χ0n) is 10.5. The van der Waals surface area contributed by atoms with Gasteiger partial charge in [-0.1, -0.05) is 12.5 Å². The Hall–Kier alpha value is -1.52. The monoisotopic (exact) mass is 241 g/mol. The SMILES string of the molecule is CCOC(=O)C=C1CCN(C(=O)O)C(C)C1C. The molecule has 1 aliphatic heterocycles. The highest BCUT2D eigenvalue weighted by Crippen LogP contribution is 2.28. The van der Waals surface area contributed by atoms with Gasteiger partial charge in [-0.2, -0.15) is 0 Å². The molecule has 1 fully saturated rings. The summed E-state index contributed by atoms with van der Waals surface area (Å²) in [5.74, 6) is -0.297. The Morgan fingerprint density at radius 3 is 2.71 bits per heavy atom. The Morgan fingerprint density at radius 2 is 2.18 bits per heavy atom. The maximum atomic E-state index is 11.4. The third-order valence-electron chi connectivity index (χ3n) is 3.28. The molecule has 1 N–H and O–H groups in total. The molecule has 1 aliphatic rings. The summed E-state index contributed by atoms with van der Waals surface area (Å²) in [7, 11) is 0. The first-order chi connectivity index (χ1) is 7.97. The van der Waals surface area contributed by atoms with Gasteiger partial charge in [0, 0.05) is 18.7 Å². The van der Waals surface area contributed by atoms with Gasteiger partial charge in [-0.05, 0) is 26.2 Å². The number of carbonyl (C=O) groups is 2. The van der Waals surface area contributed by atoms with Gasteiger partial charge in [0.25, 0.3) is 0 Å². The smallest absolute Gasteiger partial charge is 0.407 e. The first-order valence-electron chi connectivity index (χ1n) is 5.84. The molecule has 2 unspecified atom stereocenters. The number of rotatable bonds is 2. The number of carboxylic acid groups (broad SMARTS) is 1. The standard InChI is InChI=1S/C12H19NO4/c1-4-17-11(14)7-10-5-6-13(12(15)16)9(3)8(10)2/h7-9H,4-6H2,1-3H3,(H,15,16). The second-order valence-electron chi connectivity index (χ2n) is 4.23. The zero-order chi connectivity index (χ0) is 13.0. The van der Waals surface area contributed by atoms with Crippen molar-refractivity contribution in [2.24, 2.45) is 5.92 Å². The molecule has 17 heavy (non-hydrogen) atoms. The molecule has 2 atom stereocenters. The topological polar surface area (TPSA) is 66.8 Å². The van der Waals surface area contributed by atoms with E-state index in [0.717, 1.165) is 5.57 Å². The molecule has 1 amide bonds. The molecular formula is C12H19NO4. The number of esters is 1. The van der Waals surface area contributed by atoms with Crippen LogP contribution in [-0.4, -0.2) is 41.3 Å². The van der Waals surface area contributed by atoms with E-state index in [-0.39, 0.29) is 17.9 Å². The number of hydrogen-bond acceptors (Lipinski definition) is 3. The van der Waals surface area contributed by atoms with E-state index in [4.69, 9.17) is 9.84 Å². The number of nitrogens with zero attached hydrogens (tertiary/aromatic N) is 1. The van der Waals surface area contributed by atoms with E-state index in [1.165, 1.54) is 11.0 Å². The lowest BCUT2D eigenvalue weighted by Crippen LogP contribution is -2.46. The van der Waals surface area contributed by atoms with Crippen LogP contribution in [0.4, 0.5) is 4.79 Å². The Bertz CT molecular complexity index is 337. The third kappa shape index (κ3) is 3.22. The molecule has 0 aromatic carbocycles. The minimum absolute atomic E-state index is 0.0456. The highest BCUT2D eigenvalue weighted by Gasteiger charge is 2.31. The van der Waals surface area contributed by atoms with Crippen molar-refractivity contribution in [1.29, 1.82) is 0 Å². The average molecular weight is 241 g/mol. The first-order valence-corrected chi connectivity index (χ1v) is 5.84. The van der Waals surface area contributed by atoms with Crippen molar-refractivity contribution in [1.82, 2.24) is 4.90 Å². The van der Waals surface area contributed by atoms with Gasteiger partial charge >= 0.3 is 12.1 Å². The highest BCUT2D eigenvalue weighted by atomic mass is 16.5. The maximum absolute atomic E-state index is 11.4. The van der Waals surface area contributed by atoms with Crippen molar-refractivity contribution in [3.05, 3.63) is 11.6 Å². The van der Waals surface area contributed by atoms with Crippen LogP contribution in [-0.2, 0) is 9.53 Å². The summed E-state index contributed by atoms with van der Waals surface area (Å²) in [6, 6.07) is -0.109. The fraction of sp³-hybridized carbons (Fsp3) is 0.667. The lowest BCUT2D eigenvalue weighted by Gasteiger charge is -2.37. The maximum Gasteiger partial charge on any atom is 0.407 e.